The number of nitrogens with one attached hydrogen (secondary N) is 2. The van der Waals surface area contributed by atoms with Crippen molar-refractivity contribution >= 4 is 6.09 Å². The van der Waals surface area contributed by atoms with Crippen LogP contribution in [0, 0.1) is 0 Å². The highest BCUT2D eigenvalue weighted by Gasteiger charge is 2.33. The van der Waals surface area contributed by atoms with E-state index in [0.29, 0.717) is 25.6 Å². The minimum absolute atomic E-state index is 0.146. The van der Waals surface area contributed by atoms with E-state index >= 15 is 0 Å². The lowest BCUT2D eigenvalue weighted by Crippen LogP contribution is -2.54. The highest BCUT2D eigenvalue weighted by atomic mass is 16.6. The molecule has 1 saturated carbocycles. The molecule has 0 spiro atoms. The summed E-state index contributed by atoms with van der Waals surface area (Å²) < 4.78 is 16.2. The fraction of sp³-hybridized carbons (Fsp3) is 0.789. The Kier molecular flexibility index (Phi) is 7.32. The predicted molar refractivity (Wildman–Crippen MR) is 99.2 cm³/mol. The summed E-state index contributed by atoms with van der Waals surface area (Å²) in [6.45, 7) is 9.36. The van der Waals surface area contributed by atoms with Gasteiger partial charge in [0.05, 0.1) is 13.2 Å². The van der Waals surface area contributed by atoms with Crippen LogP contribution in [0.3, 0.4) is 0 Å². The van der Waals surface area contributed by atoms with Crippen molar-refractivity contribution in [2.24, 2.45) is 0 Å². The molecule has 148 valence electrons. The molecule has 2 N–H and O–H groups in total. The van der Waals surface area contributed by atoms with Crippen molar-refractivity contribution in [3.05, 3.63) is 11.8 Å². The van der Waals surface area contributed by atoms with Gasteiger partial charge in [0.1, 0.15) is 5.60 Å². The van der Waals surface area contributed by atoms with E-state index in [2.05, 4.69) is 15.8 Å². The van der Waals surface area contributed by atoms with Gasteiger partial charge in [-0.25, -0.2) is 4.79 Å². The summed E-state index contributed by atoms with van der Waals surface area (Å²) in [5.74, 6) is 1.26. The van der Waals surface area contributed by atoms with Crippen molar-refractivity contribution < 1.29 is 18.8 Å². The Labute approximate surface area is 156 Å². The first-order valence-corrected chi connectivity index (χ1v) is 9.62. The van der Waals surface area contributed by atoms with Gasteiger partial charge >= 0.3 is 6.09 Å². The molecule has 0 saturated heterocycles. The highest BCUT2D eigenvalue weighted by Crippen LogP contribution is 2.28. The largest absolute Gasteiger partial charge is 0.476 e. The average molecular weight is 367 g/mol. The molecule has 26 heavy (non-hydrogen) atoms. The molecule has 0 aliphatic heterocycles. The molecule has 0 aromatic carbocycles. The molecule has 1 aliphatic rings. The van der Waals surface area contributed by atoms with Crippen LogP contribution in [-0.2, 0) is 11.3 Å². The number of carbonyl (C=O) groups is 1. The SMILES string of the molecule is CCCOc1cc(CNC2(CNC(=O)OC(C)(C)C)CCCCC2)on1. The summed E-state index contributed by atoms with van der Waals surface area (Å²) in [5.41, 5.74) is -0.641. The number of ether oxygens (including phenoxy) is 2. The molecule has 7 heteroatoms. The van der Waals surface area contributed by atoms with Crippen molar-refractivity contribution in [1.82, 2.24) is 15.8 Å². The van der Waals surface area contributed by atoms with Crippen LogP contribution in [0.25, 0.3) is 0 Å². The van der Waals surface area contributed by atoms with Gasteiger partial charge in [-0.1, -0.05) is 26.2 Å². The Morgan fingerprint density at radius 2 is 2.04 bits per heavy atom. The van der Waals surface area contributed by atoms with E-state index in [4.69, 9.17) is 14.0 Å². The maximum absolute atomic E-state index is 12.0. The van der Waals surface area contributed by atoms with Gasteiger partial charge < -0.3 is 24.6 Å². The lowest BCUT2D eigenvalue weighted by molar-refractivity contribution is 0.0499. The Morgan fingerprint density at radius 1 is 1.31 bits per heavy atom. The maximum Gasteiger partial charge on any atom is 0.407 e. The second-order valence-corrected chi connectivity index (χ2v) is 8.03. The van der Waals surface area contributed by atoms with Crippen molar-refractivity contribution in [3.63, 3.8) is 0 Å². The zero-order valence-electron chi connectivity index (χ0n) is 16.5. The molecule has 0 bridgehead atoms. The Morgan fingerprint density at radius 3 is 2.69 bits per heavy atom. The molecule has 7 nitrogen and oxygen atoms in total. The molecule has 1 aromatic heterocycles. The van der Waals surface area contributed by atoms with Crippen molar-refractivity contribution in [2.45, 2.75) is 83.9 Å². The molecule has 1 aliphatic carbocycles. The number of nitrogens with zero attached hydrogens (tertiary/aromatic N) is 1. The number of alkyl carbamates (subject to hydrolysis) is 1. The highest BCUT2D eigenvalue weighted by molar-refractivity contribution is 5.67. The first-order valence-electron chi connectivity index (χ1n) is 9.62. The fourth-order valence-electron chi connectivity index (χ4n) is 3.13. The number of aromatic nitrogens is 1. The molecule has 2 rings (SSSR count). The third kappa shape index (κ3) is 6.86. The lowest BCUT2D eigenvalue weighted by Gasteiger charge is -2.38. The molecular formula is C19H33N3O4. The first kappa shape index (κ1) is 20.6. The fourth-order valence-corrected chi connectivity index (χ4v) is 3.13. The molecule has 1 heterocycles. The van der Waals surface area contributed by atoms with Gasteiger partial charge in [-0.15, -0.1) is 0 Å². The normalized spacial score (nSPS) is 16.9. The Hall–Kier alpha value is -1.76. The van der Waals surface area contributed by atoms with Crippen molar-refractivity contribution in [3.8, 4) is 5.88 Å². The van der Waals surface area contributed by atoms with Crippen LogP contribution in [0.1, 0.15) is 72.0 Å². The Balaban J connectivity index is 1.89. The molecule has 1 amide bonds. The zero-order chi connectivity index (χ0) is 19.0. The standard InChI is InChI=1S/C19H33N3O4/c1-5-11-24-16-12-15(26-22-16)13-21-19(9-7-6-8-10-19)14-20-17(23)25-18(2,3)4/h12,21H,5-11,13-14H2,1-4H3,(H,20,23). The van der Waals surface area contributed by atoms with Crippen LogP contribution >= 0.6 is 0 Å². The number of amides is 1. The summed E-state index contributed by atoms with van der Waals surface area (Å²) >= 11 is 0. The summed E-state index contributed by atoms with van der Waals surface area (Å²) in [7, 11) is 0. The van der Waals surface area contributed by atoms with Gasteiger partial charge in [0.15, 0.2) is 5.76 Å². The molecule has 0 atom stereocenters. The summed E-state index contributed by atoms with van der Waals surface area (Å²) in [6, 6.07) is 1.82. The van der Waals surface area contributed by atoms with Gasteiger partial charge in [-0.3, -0.25) is 0 Å². The molecule has 1 aromatic rings. The van der Waals surface area contributed by atoms with Crippen LogP contribution in [-0.4, -0.2) is 35.5 Å². The van der Waals surface area contributed by atoms with Crippen molar-refractivity contribution in [1.29, 1.82) is 0 Å². The van der Waals surface area contributed by atoms with Crippen LogP contribution in [0.5, 0.6) is 5.88 Å². The number of carbonyl (C=O) groups excluding carboxylic acids is 1. The molecule has 0 unspecified atom stereocenters. The smallest absolute Gasteiger partial charge is 0.407 e. The van der Waals surface area contributed by atoms with Gasteiger partial charge in [0.2, 0.25) is 0 Å². The lowest BCUT2D eigenvalue weighted by atomic mass is 9.81. The predicted octanol–water partition coefficient (Wildman–Crippen LogP) is 3.78. The van der Waals surface area contributed by atoms with E-state index in [1.807, 2.05) is 33.8 Å². The molecule has 0 radical (unpaired) electrons. The van der Waals surface area contributed by atoms with E-state index in [9.17, 15) is 4.79 Å². The summed E-state index contributed by atoms with van der Waals surface area (Å²) in [4.78, 5) is 12.0. The maximum atomic E-state index is 12.0. The third-order valence-electron chi connectivity index (χ3n) is 4.41. The van der Waals surface area contributed by atoms with Crippen LogP contribution < -0.4 is 15.4 Å². The monoisotopic (exact) mass is 367 g/mol. The first-order chi connectivity index (χ1) is 12.3. The minimum atomic E-state index is -0.494. The van der Waals surface area contributed by atoms with Gasteiger partial charge in [0.25, 0.3) is 5.88 Å². The summed E-state index contributed by atoms with van der Waals surface area (Å²) in [6.07, 6.45) is 6.09. The van der Waals surface area contributed by atoms with E-state index < -0.39 is 5.60 Å². The third-order valence-corrected chi connectivity index (χ3v) is 4.41. The molecular weight excluding hydrogens is 334 g/mol. The van der Waals surface area contributed by atoms with Gasteiger partial charge in [-0.05, 0) is 45.2 Å². The second-order valence-electron chi connectivity index (χ2n) is 8.03. The van der Waals surface area contributed by atoms with Gasteiger partial charge in [-0.2, -0.15) is 0 Å². The van der Waals surface area contributed by atoms with Crippen LogP contribution in [0.4, 0.5) is 4.79 Å². The summed E-state index contributed by atoms with van der Waals surface area (Å²) in [5, 5.41) is 10.4. The number of rotatable bonds is 8. The Bertz CT molecular complexity index is 559. The molecule has 1 fully saturated rings. The zero-order valence-corrected chi connectivity index (χ0v) is 16.5. The van der Waals surface area contributed by atoms with Crippen molar-refractivity contribution in [2.75, 3.05) is 13.2 Å². The van der Waals surface area contributed by atoms with E-state index in [1.165, 1.54) is 6.42 Å². The van der Waals surface area contributed by atoms with E-state index in [0.717, 1.165) is 37.9 Å². The quantitative estimate of drug-likeness (QED) is 0.727. The van der Waals surface area contributed by atoms with E-state index in [-0.39, 0.29) is 11.6 Å². The van der Waals surface area contributed by atoms with Gasteiger partial charge in [0, 0.05) is 18.2 Å². The number of hydrogen-bond donors (Lipinski definition) is 2. The van der Waals surface area contributed by atoms with Crippen LogP contribution in [0.2, 0.25) is 0 Å². The topological polar surface area (TPSA) is 85.6 Å². The number of hydrogen-bond acceptors (Lipinski definition) is 6. The second kappa shape index (κ2) is 9.26. The van der Waals surface area contributed by atoms with E-state index in [1.54, 1.807) is 0 Å². The van der Waals surface area contributed by atoms with Crippen LogP contribution in [0.15, 0.2) is 10.6 Å². The average Bonchev–Trinajstić information content (AvgIpc) is 3.04. The minimum Gasteiger partial charge on any atom is -0.476 e.